The molecule has 0 atom stereocenters. The summed E-state index contributed by atoms with van der Waals surface area (Å²) in [7, 11) is 1.70. The average molecular weight is 343 g/mol. The summed E-state index contributed by atoms with van der Waals surface area (Å²) in [5.41, 5.74) is 0.860. The fourth-order valence-corrected chi connectivity index (χ4v) is 2.51. The molecular weight excluding hydrogens is 328 g/mol. The van der Waals surface area contributed by atoms with Crippen molar-refractivity contribution in [2.24, 2.45) is 0 Å². The number of nitrogens with one attached hydrogen (secondary N) is 1. The first kappa shape index (κ1) is 14.5. The molecule has 0 bridgehead atoms. The van der Waals surface area contributed by atoms with Crippen molar-refractivity contribution >= 4 is 27.3 Å². The number of hydrogen-bond donors (Lipinski definition) is 1. The van der Waals surface area contributed by atoms with E-state index in [1.807, 2.05) is 12.1 Å². The van der Waals surface area contributed by atoms with Crippen LogP contribution in [-0.2, 0) is 11.2 Å². The van der Waals surface area contributed by atoms with Crippen LogP contribution in [0.1, 0.15) is 5.01 Å². The molecule has 0 aliphatic heterocycles. The summed E-state index contributed by atoms with van der Waals surface area (Å²) in [6.07, 6.45) is 2.64. The number of nitrogens with zero attached hydrogens (tertiary/aromatic N) is 3. The van der Waals surface area contributed by atoms with Gasteiger partial charge in [-0.1, -0.05) is 11.3 Å². The third-order valence-corrected chi connectivity index (χ3v) is 3.89. The third-order valence-electron chi connectivity index (χ3n) is 2.41. The van der Waals surface area contributed by atoms with Crippen LogP contribution in [0.25, 0.3) is 10.7 Å². The summed E-state index contributed by atoms with van der Waals surface area (Å²) in [5, 5.41) is 13.5. The largest absolute Gasteiger partial charge is 0.383 e. The van der Waals surface area contributed by atoms with E-state index in [1.165, 1.54) is 0 Å². The standard InChI is InChI=1S/C12H15BrN4OS/c1-18-7-6-14-5-4-11-16-17-12(19-11)10-3-2-9(13)8-15-10/h2-3,8,14H,4-7H2,1H3. The summed E-state index contributed by atoms with van der Waals surface area (Å²) >= 11 is 4.95. The van der Waals surface area contributed by atoms with Crippen LogP contribution in [0.5, 0.6) is 0 Å². The maximum absolute atomic E-state index is 4.97. The molecule has 7 heteroatoms. The molecule has 0 saturated carbocycles. The molecular formula is C12H15BrN4OS. The van der Waals surface area contributed by atoms with E-state index in [2.05, 4.69) is 36.4 Å². The minimum atomic E-state index is 0.726. The first-order valence-corrected chi connectivity index (χ1v) is 7.54. The van der Waals surface area contributed by atoms with Crippen LogP contribution in [-0.4, -0.2) is 42.0 Å². The van der Waals surface area contributed by atoms with E-state index < -0.39 is 0 Å². The van der Waals surface area contributed by atoms with E-state index in [1.54, 1.807) is 24.6 Å². The van der Waals surface area contributed by atoms with Crippen molar-refractivity contribution in [3.63, 3.8) is 0 Å². The van der Waals surface area contributed by atoms with Gasteiger partial charge in [0.25, 0.3) is 0 Å². The molecule has 0 fully saturated rings. The van der Waals surface area contributed by atoms with E-state index >= 15 is 0 Å². The van der Waals surface area contributed by atoms with Crippen LogP contribution >= 0.6 is 27.3 Å². The average Bonchev–Trinajstić information content (AvgIpc) is 2.88. The number of hydrogen-bond acceptors (Lipinski definition) is 6. The van der Waals surface area contributed by atoms with Gasteiger partial charge in [0, 0.05) is 37.3 Å². The summed E-state index contributed by atoms with van der Waals surface area (Å²) < 4.78 is 5.93. The molecule has 0 spiro atoms. The fraction of sp³-hybridized carbons (Fsp3) is 0.417. The van der Waals surface area contributed by atoms with Gasteiger partial charge in [-0.2, -0.15) is 0 Å². The lowest BCUT2D eigenvalue weighted by Gasteiger charge is -2.00. The van der Waals surface area contributed by atoms with E-state index in [4.69, 9.17) is 4.74 Å². The minimum Gasteiger partial charge on any atom is -0.383 e. The SMILES string of the molecule is COCCNCCc1nnc(-c2ccc(Br)cn2)s1. The topological polar surface area (TPSA) is 59.9 Å². The highest BCUT2D eigenvalue weighted by atomic mass is 79.9. The molecule has 0 aliphatic carbocycles. The smallest absolute Gasteiger partial charge is 0.166 e. The summed E-state index contributed by atoms with van der Waals surface area (Å²) in [6, 6.07) is 3.89. The zero-order valence-corrected chi connectivity index (χ0v) is 13.0. The first-order chi connectivity index (χ1) is 9.29. The van der Waals surface area contributed by atoms with Crippen molar-refractivity contribution < 1.29 is 4.74 Å². The summed E-state index contributed by atoms with van der Waals surface area (Å²) in [4.78, 5) is 4.31. The highest BCUT2D eigenvalue weighted by molar-refractivity contribution is 9.10. The van der Waals surface area contributed by atoms with Gasteiger partial charge in [0.15, 0.2) is 5.01 Å². The number of pyridine rings is 1. The van der Waals surface area contributed by atoms with Crippen molar-refractivity contribution in [3.8, 4) is 10.7 Å². The lowest BCUT2D eigenvalue weighted by atomic mass is 10.4. The molecule has 0 saturated heterocycles. The van der Waals surface area contributed by atoms with Gasteiger partial charge in [-0.3, -0.25) is 4.98 Å². The van der Waals surface area contributed by atoms with E-state index in [-0.39, 0.29) is 0 Å². The second kappa shape index (κ2) is 7.64. The molecule has 0 amide bonds. The molecule has 2 rings (SSSR count). The van der Waals surface area contributed by atoms with E-state index in [0.29, 0.717) is 0 Å². The Hall–Kier alpha value is -0.890. The maximum Gasteiger partial charge on any atom is 0.166 e. The second-order valence-electron chi connectivity index (χ2n) is 3.86. The lowest BCUT2D eigenvalue weighted by molar-refractivity contribution is 0.199. The quantitative estimate of drug-likeness (QED) is 0.781. The molecule has 102 valence electrons. The highest BCUT2D eigenvalue weighted by Gasteiger charge is 2.07. The minimum absolute atomic E-state index is 0.726. The Morgan fingerprint density at radius 1 is 1.32 bits per heavy atom. The van der Waals surface area contributed by atoms with Crippen molar-refractivity contribution in [1.82, 2.24) is 20.5 Å². The summed E-state index contributed by atoms with van der Waals surface area (Å²) in [5.74, 6) is 0. The Labute approximate surface area is 124 Å². The normalized spacial score (nSPS) is 10.8. The first-order valence-electron chi connectivity index (χ1n) is 5.93. The monoisotopic (exact) mass is 342 g/mol. The Balaban J connectivity index is 1.86. The lowest BCUT2D eigenvalue weighted by Crippen LogP contribution is -2.21. The van der Waals surface area contributed by atoms with Gasteiger partial charge >= 0.3 is 0 Å². The third kappa shape index (κ3) is 4.61. The molecule has 0 radical (unpaired) electrons. The fourth-order valence-electron chi connectivity index (χ4n) is 1.46. The molecule has 0 aromatic carbocycles. The number of ether oxygens (including phenoxy) is 1. The van der Waals surface area contributed by atoms with Gasteiger partial charge < -0.3 is 10.1 Å². The molecule has 2 aromatic heterocycles. The van der Waals surface area contributed by atoms with Crippen LogP contribution < -0.4 is 5.32 Å². The predicted octanol–water partition coefficient (Wildman–Crippen LogP) is 2.14. The van der Waals surface area contributed by atoms with Crippen LogP contribution in [0.2, 0.25) is 0 Å². The predicted molar refractivity (Wildman–Crippen MR) is 79.3 cm³/mol. The van der Waals surface area contributed by atoms with Crippen LogP contribution in [0.15, 0.2) is 22.8 Å². The van der Waals surface area contributed by atoms with E-state index in [9.17, 15) is 0 Å². The van der Waals surface area contributed by atoms with Gasteiger partial charge in [0.1, 0.15) is 10.7 Å². The number of halogens is 1. The Morgan fingerprint density at radius 3 is 2.95 bits per heavy atom. The van der Waals surface area contributed by atoms with Crippen LogP contribution in [0, 0.1) is 0 Å². The number of methoxy groups -OCH3 is 1. The Kier molecular flexibility index (Phi) is 5.84. The molecule has 0 aliphatic rings. The highest BCUT2D eigenvalue weighted by Crippen LogP contribution is 2.22. The van der Waals surface area contributed by atoms with Crippen molar-refractivity contribution in [2.75, 3.05) is 26.8 Å². The van der Waals surface area contributed by atoms with Gasteiger partial charge in [-0.05, 0) is 28.1 Å². The molecule has 5 nitrogen and oxygen atoms in total. The van der Waals surface area contributed by atoms with Crippen LogP contribution in [0.4, 0.5) is 0 Å². The van der Waals surface area contributed by atoms with Crippen molar-refractivity contribution in [2.45, 2.75) is 6.42 Å². The van der Waals surface area contributed by atoms with Gasteiger partial charge in [-0.15, -0.1) is 10.2 Å². The van der Waals surface area contributed by atoms with Crippen molar-refractivity contribution in [1.29, 1.82) is 0 Å². The molecule has 19 heavy (non-hydrogen) atoms. The Bertz CT molecular complexity index is 503. The van der Waals surface area contributed by atoms with Gasteiger partial charge in [0.2, 0.25) is 0 Å². The van der Waals surface area contributed by atoms with Gasteiger partial charge in [-0.25, -0.2) is 0 Å². The summed E-state index contributed by atoms with van der Waals surface area (Å²) in [6.45, 7) is 2.46. The van der Waals surface area contributed by atoms with E-state index in [0.717, 1.165) is 46.3 Å². The second-order valence-corrected chi connectivity index (χ2v) is 5.83. The van der Waals surface area contributed by atoms with Gasteiger partial charge in [0.05, 0.1) is 6.61 Å². The number of rotatable bonds is 7. The number of aromatic nitrogens is 3. The van der Waals surface area contributed by atoms with Crippen molar-refractivity contribution in [3.05, 3.63) is 27.8 Å². The zero-order chi connectivity index (χ0) is 13.5. The molecule has 2 aromatic rings. The maximum atomic E-state index is 4.97. The zero-order valence-electron chi connectivity index (χ0n) is 10.6. The van der Waals surface area contributed by atoms with Crippen LogP contribution in [0.3, 0.4) is 0 Å². The molecule has 1 N–H and O–H groups in total. The Morgan fingerprint density at radius 2 is 2.21 bits per heavy atom. The molecule has 0 unspecified atom stereocenters. The molecule has 2 heterocycles.